The Bertz CT molecular complexity index is 1410. The minimum Gasteiger partial charge on any atom is -0.322 e. The van der Waals surface area contributed by atoms with Gasteiger partial charge in [0.2, 0.25) is 5.91 Å². The molecule has 0 bridgehead atoms. The third kappa shape index (κ3) is 4.25. The van der Waals surface area contributed by atoms with Crippen molar-refractivity contribution in [3.8, 4) is 11.1 Å². The van der Waals surface area contributed by atoms with E-state index in [2.05, 4.69) is 37.7 Å². The molecular weight excluding hydrogens is 416 g/mol. The lowest BCUT2D eigenvalue weighted by molar-refractivity contribution is -0.116. The molecule has 4 aromatic heterocycles. The van der Waals surface area contributed by atoms with E-state index in [9.17, 15) is 4.79 Å². The van der Waals surface area contributed by atoms with E-state index in [1.165, 1.54) is 0 Å². The number of aromatic nitrogens is 7. The summed E-state index contributed by atoms with van der Waals surface area (Å²) in [5.41, 5.74) is 5.36. The first-order chi connectivity index (χ1) is 16.1. The van der Waals surface area contributed by atoms with Crippen molar-refractivity contribution < 1.29 is 4.79 Å². The second-order valence-electron chi connectivity index (χ2n) is 7.85. The maximum absolute atomic E-state index is 12.7. The number of pyridine rings is 1. The normalized spacial score (nSPS) is 11.2. The van der Waals surface area contributed by atoms with Crippen molar-refractivity contribution in [3.63, 3.8) is 0 Å². The summed E-state index contributed by atoms with van der Waals surface area (Å²) in [6.45, 7) is 5.45. The Balaban J connectivity index is 1.31. The smallest absolute Gasteiger partial charge is 0.246 e. The van der Waals surface area contributed by atoms with Gasteiger partial charge in [0.25, 0.3) is 0 Å². The zero-order chi connectivity index (χ0) is 22.8. The predicted octanol–water partition coefficient (Wildman–Crippen LogP) is 3.51. The molecule has 1 N–H and O–H groups in total. The minimum absolute atomic E-state index is 0.0596. The Morgan fingerprint density at radius 2 is 1.85 bits per heavy atom. The number of aryl methyl sites for hydroxylation is 2. The van der Waals surface area contributed by atoms with Crippen LogP contribution in [0, 0.1) is 6.92 Å². The van der Waals surface area contributed by atoms with Crippen LogP contribution in [0.15, 0.2) is 67.4 Å². The van der Waals surface area contributed by atoms with Crippen molar-refractivity contribution in [3.05, 3.63) is 78.6 Å². The fraction of sp³-hybridized carbons (Fsp3) is 0.208. The van der Waals surface area contributed by atoms with Crippen molar-refractivity contribution in [2.45, 2.75) is 33.5 Å². The Hall–Kier alpha value is -4.27. The number of carbonyl (C=O) groups is 1. The highest BCUT2D eigenvalue weighted by molar-refractivity contribution is 5.96. The van der Waals surface area contributed by atoms with E-state index < -0.39 is 0 Å². The van der Waals surface area contributed by atoms with Gasteiger partial charge in [0.15, 0.2) is 5.65 Å². The van der Waals surface area contributed by atoms with E-state index in [-0.39, 0.29) is 12.5 Å². The number of hydrogen-bond acceptors (Lipinski definition) is 5. The van der Waals surface area contributed by atoms with Crippen LogP contribution >= 0.6 is 0 Å². The molecule has 166 valence electrons. The summed E-state index contributed by atoms with van der Waals surface area (Å²) in [4.78, 5) is 17.3. The van der Waals surface area contributed by atoms with Crippen molar-refractivity contribution in [2.24, 2.45) is 0 Å². The molecule has 5 aromatic rings. The van der Waals surface area contributed by atoms with Gasteiger partial charge in [0.1, 0.15) is 6.54 Å². The number of rotatable bonds is 7. The van der Waals surface area contributed by atoms with Gasteiger partial charge in [-0.3, -0.25) is 14.2 Å². The van der Waals surface area contributed by atoms with Crippen molar-refractivity contribution in [1.82, 2.24) is 34.3 Å². The van der Waals surface area contributed by atoms with Gasteiger partial charge in [0, 0.05) is 36.1 Å². The van der Waals surface area contributed by atoms with Crippen LogP contribution in [0.4, 0.5) is 5.69 Å². The summed E-state index contributed by atoms with van der Waals surface area (Å²) >= 11 is 0. The number of carbonyl (C=O) groups excluding carboxylic acids is 1. The van der Waals surface area contributed by atoms with Crippen LogP contribution in [0.3, 0.4) is 0 Å². The molecule has 0 aliphatic rings. The van der Waals surface area contributed by atoms with Gasteiger partial charge in [0.05, 0.1) is 30.3 Å². The van der Waals surface area contributed by atoms with E-state index in [0.29, 0.717) is 17.9 Å². The first kappa shape index (κ1) is 20.6. The summed E-state index contributed by atoms with van der Waals surface area (Å²) in [6.07, 6.45) is 9.01. The zero-order valence-corrected chi connectivity index (χ0v) is 18.5. The van der Waals surface area contributed by atoms with Gasteiger partial charge < -0.3 is 5.32 Å². The molecule has 0 radical (unpaired) electrons. The number of nitrogens with one attached hydrogen (secondary N) is 1. The molecular formula is C24H24N8O. The minimum atomic E-state index is -0.190. The van der Waals surface area contributed by atoms with Gasteiger partial charge in [-0.05, 0) is 31.0 Å². The van der Waals surface area contributed by atoms with Gasteiger partial charge in [-0.1, -0.05) is 30.3 Å². The largest absolute Gasteiger partial charge is 0.322 e. The quantitative estimate of drug-likeness (QED) is 0.418. The van der Waals surface area contributed by atoms with Gasteiger partial charge in [-0.25, -0.2) is 9.67 Å². The number of benzene rings is 1. The predicted molar refractivity (Wildman–Crippen MR) is 126 cm³/mol. The molecule has 0 saturated heterocycles. The van der Waals surface area contributed by atoms with E-state index in [4.69, 9.17) is 0 Å². The maximum Gasteiger partial charge on any atom is 0.246 e. The Morgan fingerprint density at radius 3 is 2.64 bits per heavy atom. The second-order valence-corrected chi connectivity index (χ2v) is 7.85. The van der Waals surface area contributed by atoms with Crippen LogP contribution in [0.1, 0.15) is 18.2 Å². The number of anilines is 1. The summed E-state index contributed by atoms with van der Waals surface area (Å²) in [5.74, 6) is -0.190. The highest BCUT2D eigenvalue weighted by Gasteiger charge is 2.16. The monoisotopic (exact) mass is 440 g/mol. The van der Waals surface area contributed by atoms with E-state index >= 15 is 0 Å². The van der Waals surface area contributed by atoms with Crippen LogP contribution in [0.5, 0.6) is 0 Å². The molecule has 0 unspecified atom stereocenters. The second kappa shape index (κ2) is 8.70. The third-order valence-electron chi connectivity index (χ3n) is 5.46. The first-order valence-electron chi connectivity index (χ1n) is 10.8. The van der Waals surface area contributed by atoms with Crippen LogP contribution in [-0.2, 0) is 24.4 Å². The molecule has 5 rings (SSSR count). The Kier molecular flexibility index (Phi) is 5.43. The van der Waals surface area contributed by atoms with Crippen LogP contribution in [0.25, 0.3) is 22.2 Å². The summed E-state index contributed by atoms with van der Waals surface area (Å²) in [5, 5.41) is 17.1. The molecule has 0 fully saturated rings. The highest BCUT2D eigenvalue weighted by Crippen LogP contribution is 2.29. The average molecular weight is 441 g/mol. The lowest BCUT2D eigenvalue weighted by atomic mass is 10.0. The molecule has 0 saturated carbocycles. The molecule has 0 aliphatic heterocycles. The molecule has 1 amide bonds. The summed E-state index contributed by atoms with van der Waals surface area (Å²) in [7, 11) is 0. The van der Waals surface area contributed by atoms with Crippen LogP contribution in [-0.4, -0.2) is 40.2 Å². The number of hydrogen-bond donors (Lipinski definition) is 1. The topological polar surface area (TPSA) is 95.5 Å². The fourth-order valence-corrected chi connectivity index (χ4v) is 3.95. The van der Waals surface area contributed by atoms with Crippen LogP contribution in [0.2, 0.25) is 0 Å². The molecule has 4 heterocycles. The lowest BCUT2D eigenvalue weighted by Crippen LogP contribution is -2.19. The maximum atomic E-state index is 12.7. The van der Waals surface area contributed by atoms with Gasteiger partial charge in [-0.2, -0.15) is 15.3 Å². The first-order valence-corrected chi connectivity index (χ1v) is 10.8. The fourth-order valence-electron chi connectivity index (χ4n) is 3.95. The molecule has 33 heavy (non-hydrogen) atoms. The highest BCUT2D eigenvalue weighted by atomic mass is 16.2. The molecule has 0 atom stereocenters. The van der Waals surface area contributed by atoms with E-state index in [0.717, 1.165) is 34.3 Å². The number of nitrogens with zero attached hydrogens (tertiary/aromatic N) is 7. The van der Waals surface area contributed by atoms with Crippen molar-refractivity contribution in [1.29, 1.82) is 0 Å². The molecule has 0 aliphatic carbocycles. The molecule has 0 spiro atoms. The van der Waals surface area contributed by atoms with E-state index in [1.54, 1.807) is 28.0 Å². The Morgan fingerprint density at radius 1 is 1.03 bits per heavy atom. The molecule has 9 heteroatoms. The van der Waals surface area contributed by atoms with Crippen LogP contribution < -0.4 is 5.32 Å². The summed E-state index contributed by atoms with van der Waals surface area (Å²) in [6, 6.07) is 12.1. The van der Waals surface area contributed by atoms with Gasteiger partial charge >= 0.3 is 0 Å². The molecule has 9 nitrogen and oxygen atoms in total. The lowest BCUT2D eigenvalue weighted by Gasteiger charge is -2.06. The molecule has 1 aromatic carbocycles. The Labute approximate surface area is 190 Å². The third-order valence-corrected chi connectivity index (χ3v) is 5.46. The zero-order valence-electron chi connectivity index (χ0n) is 18.5. The average Bonchev–Trinajstić information content (AvgIpc) is 3.54. The van der Waals surface area contributed by atoms with Crippen molar-refractivity contribution >= 4 is 22.6 Å². The number of amides is 1. The number of fused-ring (bicyclic) bond motifs is 1. The van der Waals surface area contributed by atoms with Crippen molar-refractivity contribution in [2.75, 3.05) is 5.32 Å². The van der Waals surface area contributed by atoms with Gasteiger partial charge in [-0.15, -0.1) is 0 Å². The SMILES string of the molecule is CCn1cc(Cn2cc(NC(=O)Cn3nc(C)c4c(-c5ccccc5)ccnc43)cn2)cn1. The standard InChI is InChI=1S/C24H24N8O/c1-3-30-13-18(11-26-30)14-31-15-20(12-27-31)28-22(33)16-32-24-23(17(2)29-32)21(9-10-25-24)19-7-5-4-6-8-19/h4-13,15H,3,14,16H2,1-2H3,(H,28,33). The summed E-state index contributed by atoms with van der Waals surface area (Å²) < 4.78 is 5.29. The van der Waals surface area contributed by atoms with E-state index in [1.807, 2.05) is 55.2 Å².